The molecule has 1 aliphatic heterocycles. The van der Waals surface area contributed by atoms with E-state index in [1.807, 2.05) is 40.6 Å². The number of hydrogen-bond acceptors (Lipinski definition) is 6. The molecule has 1 aromatic carbocycles. The van der Waals surface area contributed by atoms with Crippen molar-refractivity contribution in [1.82, 2.24) is 24.4 Å². The van der Waals surface area contributed by atoms with Crippen LogP contribution in [0.25, 0.3) is 16.6 Å². The molecule has 0 bridgehead atoms. The maximum atomic E-state index is 5.45. The van der Waals surface area contributed by atoms with Crippen LogP contribution in [0.5, 0.6) is 0 Å². The van der Waals surface area contributed by atoms with Crippen molar-refractivity contribution in [1.29, 1.82) is 0 Å². The molecule has 0 atom stereocenters. The van der Waals surface area contributed by atoms with Crippen molar-refractivity contribution in [3.8, 4) is 0 Å². The first-order chi connectivity index (χ1) is 13.7. The summed E-state index contributed by atoms with van der Waals surface area (Å²) in [5, 5.41) is 17.1. The topological polar surface area (TPSA) is 81.3 Å². The van der Waals surface area contributed by atoms with Crippen LogP contribution in [0.1, 0.15) is 18.4 Å². The van der Waals surface area contributed by atoms with Crippen molar-refractivity contribution >= 4 is 34.0 Å². The minimum atomic E-state index is 0.398. The van der Waals surface area contributed by atoms with Gasteiger partial charge in [-0.25, -0.2) is 0 Å². The smallest absolute Gasteiger partial charge is 0.247 e. The van der Waals surface area contributed by atoms with Crippen LogP contribution >= 0.6 is 0 Å². The second kappa shape index (κ2) is 6.79. The Labute approximate surface area is 162 Å². The molecular weight excluding hydrogens is 354 g/mol. The second-order valence-electron chi connectivity index (χ2n) is 7.27. The highest BCUT2D eigenvalue weighted by Crippen LogP contribution is 2.25. The summed E-state index contributed by atoms with van der Waals surface area (Å²) in [5.41, 5.74) is 3.99. The van der Waals surface area contributed by atoms with Gasteiger partial charge in [0.05, 0.1) is 11.7 Å². The van der Waals surface area contributed by atoms with Crippen LogP contribution < -0.4 is 10.6 Å². The lowest BCUT2D eigenvalue weighted by atomic mass is 10.1. The van der Waals surface area contributed by atoms with Crippen LogP contribution in [-0.2, 0) is 11.8 Å². The van der Waals surface area contributed by atoms with Gasteiger partial charge in [0.15, 0.2) is 5.65 Å². The number of hydrogen-bond donors (Lipinski definition) is 2. The first-order valence-electron chi connectivity index (χ1n) is 9.57. The van der Waals surface area contributed by atoms with Crippen LogP contribution in [0.4, 0.5) is 17.5 Å². The van der Waals surface area contributed by atoms with Gasteiger partial charge in [-0.1, -0.05) is 6.07 Å². The van der Waals surface area contributed by atoms with E-state index in [2.05, 4.69) is 44.9 Å². The molecule has 3 aromatic heterocycles. The largest absolute Gasteiger partial charge is 0.381 e. The fourth-order valence-corrected chi connectivity index (χ4v) is 3.74. The fourth-order valence-electron chi connectivity index (χ4n) is 3.74. The van der Waals surface area contributed by atoms with Crippen molar-refractivity contribution in [2.75, 3.05) is 23.8 Å². The van der Waals surface area contributed by atoms with Gasteiger partial charge in [0.25, 0.3) is 0 Å². The van der Waals surface area contributed by atoms with E-state index in [0.717, 1.165) is 54.1 Å². The van der Waals surface area contributed by atoms with Crippen LogP contribution in [0.3, 0.4) is 0 Å². The molecule has 144 valence electrons. The SMILES string of the molecule is Cc1cc(Nc2nc3cccc(NC4CCOCC4)n3n2)cc2c1cnn2C. The zero-order valence-corrected chi connectivity index (χ0v) is 16.0. The molecule has 0 spiro atoms. The van der Waals surface area contributed by atoms with E-state index in [0.29, 0.717) is 12.0 Å². The molecule has 28 heavy (non-hydrogen) atoms. The summed E-state index contributed by atoms with van der Waals surface area (Å²) in [6.07, 6.45) is 3.90. The number of rotatable bonds is 4. The Morgan fingerprint density at radius 1 is 1.18 bits per heavy atom. The molecule has 0 unspecified atom stereocenters. The highest BCUT2D eigenvalue weighted by molar-refractivity contribution is 5.86. The zero-order valence-electron chi connectivity index (χ0n) is 16.0. The molecule has 8 heteroatoms. The number of aryl methyl sites for hydroxylation is 2. The Balaban J connectivity index is 1.45. The van der Waals surface area contributed by atoms with E-state index in [1.165, 1.54) is 5.56 Å². The molecule has 4 aromatic rings. The second-order valence-corrected chi connectivity index (χ2v) is 7.27. The zero-order chi connectivity index (χ0) is 19.1. The van der Waals surface area contributed by atoms with Gasteiger partial charge < -0.3 is 15.4 Å². The molecule has 4 heterocycles. The number of anilines is 3. The van der Waals surface area contributed by atoms with E-state index < -0.39 is 0 Å². The van der Waals surface area contributed by atoms with Crippen LogP contribution in [0.15, 0.2) is 36.5 Å². The third-order valence-corrected chi connectivity index (χ3v) is 5.26. The van der Waals surface area contributed by atoms with Crippen molar-refractivity contribution in [2.24, 2.45) is 7.05 Å². The molecule has 1 saturated heterocycles. The van der Waals surface area contributed by atoms with E-state index >= 15 is 0 Å². The monoisotopic (exact) mass is 377 g/mol. The minimum absolute atomic E-state index is 0.398. The Kier molecular flexibility index (Phi) is 4.12. The first kappa shape index (κ1) is 17.0. The number of nitrogens with one attached hydrogen (secondary N) is 2. The van der Waals surface area contributed by atoms with E-state index in [4.69, 9.17) is 4.74 Å². The van der Waals surface area contributed by atoms with E-state index in [-0.39, 0.29) is 0 Å². The lowest BCUT2D eigenvalue weighted by Crippen LogP contribution is -2.28. The Morgan fingerprint density at radius 2 is 2.04 bits per heavy atom. The average Bonchev–Trinajstić information content (AvgIpc) is 3.27. The lowest BCUT2D eigenvalue weighted by Gasteiger charge is -2.24. The maximum absolute atomic E-state index is 5.45. The van der Waals surface area contributed by atoms with Crippen molar-refractivity contribution in [3.05, 3.63) is 42.1 Å². The summed E-state index contributed by atoms with van der Waals surface area (Å²) in [6, 6.07) is 10.6. The summed E-state index contributed by atoms with van der Waals surface area (Å²) >= 11 is 0. The quantitative estimate of drug-likeness (QED) is 0.568. The van der Waals surface area contributed by atoms with Gasteiger partial charge in [-0.05, 0) is 49.6 Å². The molecule has 1 fully saturated rings. The third-order valence-electron chi connectivity index (χ3n) is 5.26. The van der Waals surface area contributed by atoms with Crippen LogP contribution in [-0.4, -0.2) is 43.6 Å². The summed E-state index contributed by atoms with van der Waals surface area (Å²) in [4.78, 5) is 4.64. The average molecular weight is 377 g/mol. The van der Waals surface area contributed by atoms with Gasteiger partial charge in [-0.15, -0.1) is 5.10 Å². The first-order valence-corrected chi connectivity index (χ1v) is 9.57. The van der Waals surface area contributed by atoms with E-state index in [1.54, 1.807) is 0 Å². The lowest BCUT2D eigenvalue weighted by molar-refractivity contribution is 0.0903. The number of nitrogens with zero attached hydrogens (tertiary/aromatic N) is 5. The number of pyridine rings is 1. The number of benzene rings is 1. The Hall–Kier alpha value is -3.13. The number of fused-ring (bicyclic) bond motifs is 2. The molecule has 8 nitrogen and oxygen atoms in total. The van der Waals surface area contributed by atoms with Crippen LogP contribution in [0, 0.1) is 6.92 Å². The predicted molar refractivity (Wildman–Crippen MR) is 109 cm³/mol. The summed E-state index contributed by atoms with van der Waals surface area (Å²) in [6.45, 7) is 3.68. The standard InChI is InChI=1S/C20H23N7O/c1-13-10-15(11-17-16(13)12-21-26(17)2)23-20-24-19-5-3-4-18(27(19)25-20)22-14-6-8-28-9-7-14/h3-5,10-12,14,22H,6-9H2,1-2H3,(H,23,25). The van der Waals surface area contributed by atoms with Gasteiger partial charge in [0, 0.05) is 37.4 Å². The van der Waals surface area contributed by atoms with E-state index in [9.17, 15) is 0 Å². The van der Waals surface area contributed by atoms with Gasteiger partial charge >= 0.3 is 0 Å². The van der Waals surface area contributed by atoms with Gasteiger partial charge in [-0.2, -0.15) is 14.6 Å². The number of aromatic nitrogens is 5. The predicted octanol–water partition coefficient (Wildman–Crippen LogP) is 3.26. The molecule has 1 aliphatic rings. The van der Waals surface area contributed by atoms with Crippen LogP contribution in [0.2, 0.25) is 0 Å². The third kappa shape index (κ3) is 3.05. The maximum Gasteiger partial charge on any atom is 0.247 e. The molecule has 0 radical (unpaired) electrons. The molecule has 2 N–H and O–H groups in total. The fraction of sp³-hybridized carbons (Fsp3) is 0.350. The molecule has 0 saturated carbocycles. The molecular formula is C20H23N7O. The van der Waals surface area contributed by atoms with Crippen molar-refractivity contribution in [2.45, 2.75) is 25.8 Å². The van der Waals surface area contributed by atoms with Crippen molar-refractivity contribution in [3.63, 3.8) is 0 Å². The van der Waals surface area contributed by atoms with Gasteiger partial charge in [-0.3, -0.25) is 4.68 Å². The Morgan fingerprint density at radius 3 is 2.89 bits per heavy atom. The minimum Gasteiger partial charge on any atom is -0.381 e. The highest BCUT2D eigenvalue weighted by Gasteiger charge is 2.16. The van der Waals surface area contributed by atoms with Gasteiger partial charge in [0.2, 0.25) is 5.95 Å². The summed E-state index contributed by atoms with van der Waals surface area (Å²) < 4.78 is 9.18. The van der Waals surface area contributed by atoms with Crippen molar-refractivity contribution < 1.29 is 4.74 Å². The van der Waals surface area contributed by atoms with Gasteiger partial charge in [0.1, 0.15) is 5.82 Å². The summed E-state index contributed by atoms with van der Waals surface area (Å²) in [5.74, 6) is 1.52. The number of ether oxygens (including phenoxy) is 1. The molecule has 0 aliphatic carbocycles. The molecule has 5 rings (SSSR count). The highest BCUT2D eigenvalue weighted by atomic mass is 16.5. The molecule has 0 amide bonds. The normalized spacial score (nSPS) is 15.4. The Bertz CT molecular complexity index is 1140. The summed E-state index contributed by atoms with van der Waals surface area (Å²) in [7, 11) is 1.95.